The highest BCUT2D eigenvalue weighted by Gasteiger charge is 2.07. The van der Waals surface area contributed by atoms with E-state index in [1.165, 1.54) is 5.56 Å². The molecule has 0 aliphatic rings. The van der Waals surface area contributed by atoms with Gasteiger partial charge in [-0.15, -0.1) is 0 Å². The summed E-state index contributed by atoms with van der Waals surface area (Å²) in [5, 5.41) is 0. The summed E-state index contributed by atoms with van der Waals surface area (Å²) < 4.78 is 10.4. The van der Waals surface area contributed by atoms with Gasteiger partial charge in [0.05, 0.1) is 25.9 Å². The highest BCUT2D eigenvalue weighted by atomic mass is 16.5. The first-order valence-corrected chi connectivity index (χ1v) is 6.54. The summed E-state index contributed by atoms with van der Waals surface area (Å²) in [6.45, 7) is 6.19. The van der Waals surface area contributed by atoms with Gasteiger partial charge in [0.2, 0.25) is 0 Å². The molecule has 3 heteroatoms. The fourth-order valence-electron chi connectivity index (χ4n) is 1.87. The molecule has 18 heavy (non-hydrogen) atoms. The van der Waals surface area contributed by atoms with Crippen LogP contribution in [0.5, 0.6) is 0 Å². The molecule has 0 amide bonds. The molecule has 102 valence electrons. The summed E-state index contributed by atoms with van der Waals surface area (Å²) >= 11 is 0. The molecule has 0 saturated heterocycles. The average molecular weight is 251 g/mol. The quantitative estimate of drug-likeness (QED) is 0.722. The number of rotatable bonds is 8. The SMILES string of the molecule is COCCOCC(N)c1cccc(CC(C)C)c1. The zero-order valence-electron chi connectivity index (χ0n) is 11.7. The third-order valence-electron chi connectivity index (χ3n) is 2.75. The van der Waals surface area contributed by atoms with Crippen LogP contribution in [-0.4, -0.2) is 26.9 Å². The zero-order chi connectivity index (χ0) is 13.4. The molecule has 1 aromatic carbocycles. The molecule has 1 atom stereocenters. The lowest BCUT2D eigenvalue weighted by atomic mass is 9.99. The summed E-state index contributed by atoms with van der Waals surface area (Å²) in [5.74, 6) is 0.662. The van der Waals surface area contributed by atoms with Crippen molar-refractivity contribution in [3.8, 4) is 0 Å². The number of ether oxygens (including phenoxy) is 2. The third-order valence-corrected chi connectivity index (χ3v) is 2.75. The van der Waals surface area contributed by atoms with Crippen molar-refractivity contribution in [2.45, 2.75) is 26.3 Å². The predicted octanol–water partition coefficient (Wildman–Crippen LogP) is 2.55. The van der Waals surface area contributed by atoms with E-state index >= 15 is 0 Å². The van der Waals surface area contributed by atoms with E-state index in [9.17, 15) is 0 Å². The summed E-state index contributed by atoms with van der Waals surface area (Å²) in [4.78, 5) is 0. The molecule has 0 spiro atoms. The highest BCUT2D eigenvalue weighted by molar-refractivity contribution is 5.26. The van der Waals surface area contributed by atoms with E-state index < -0.39 is 0 Å². The van der Waals surface area contributed by atoms with Gasteiger partial charge in [0.15, 0.2) is 0 Å². The van der Waals surface area contributed by atoms with E-state index in [-0.39, 0.29) is 6.04 Å². The van der Waals surface area contributed by atoms with Crippen LogP contribution in [0.3, 0.4) is 0 Å². The van der Waals surface area contributed by atoms with Crippen LogP contribution in [-0.2, 0) is 15.9 Å². The molecule has 0 aromatic heterocycles. The van der Waals surface area contributed by atoms with Gasteiger partial charge in [-0.05, 0) is 23.5 Å². The third kappa shape index (κ3) is 5.63. The van der Waals surface area contributed by atoms with Gasteiger partial charge < -0.3 is 15.2 Å². The number of hydrogen-bond donors (Lipinski definition) is 1. The second-order valence-corrected chi connectivity index (χ2v) is 5.02. The Bertz CT molecular complexity index is 339. The Labute approximate surface area is 110 Å². The van der Waals surface area contributed by atoms with E-state index in [0.717, 1.165) is 12.0 Å². The summed E-state index contributed by atoms with van der Waals surface area (Å²) in [5.41, 5.74) is 8.60. The smallest absolute Gasteiger partial charge is 0.0701 e. The number of nitrogens with two attached hydrogens (primary N) is 1. The van der Waals surface area contributed by atoms with Crippen LogP contribution in [0.4, 0.5) is 0 Å². The molecule has 2 N–H and O–H groups in total. The van der Waals surface area contributed by atoms with Gasteiger partial charge in [0.25, 0.3) is 0 Å². The Kier molecular flexibility index (Phi) is 6.94. The Morgan fingerprint density at radius 1 is 1.22 bits per heavy atom. The maximum absolute atomic E-state index is 6.11. The standard InChI is InChI=1S/C15H25NO2/c1-12(2)9-13-5-4-6-14(10-13)15(16)11-18-8-7-17-3/h4-6,10,12,15H,7-9,11,16H2,1-3H3. The van der Waals surface area contributed by atoms with E-state index in [0.29, 0.717) is 25.7 Å². The van der Waals surface area contributed by atoms with Crippen molar-refractivity contribution in [1.82, 2.24) is 0 Å². The maximum atomic E-state index is 6.11. The summed E-state index contributed by atoms with van der Waals surface area (Å²) in [6, 6.07) is 8.41. The Hall–Kier alpha value is -0.900. The first-order valence-electron chi connectivity index (χ1n) is 6.54. The summed E-state index contributed by atoms with van der Waals surface area (Å²) in [7, 11) is 1.67. The lowest BCUT2D eigenvalue weighted by Gasteiger charge is -2.14. The first kappa shape index (κ1) is 15.2. The minimum atomic E-state index is -0.0611. The molecule has 1 rings (SSSR count). The lowest BCUT2D eigenvalue weighted by Crippen LogP contribution is -2.18. The van der Waals surface area contributed by atoms with Crippen molar-refractivity contribution in [3.05, 3.63) is 35.4 Å². The van der Waals surface area contributed by atoms with Crippen LogP contribution in [0.2, 0.25) is 0 Å². The van der Waals surface area contributed by atoms with E-state index in [1.807, 2.05) is 0 Å². The van der Waals surface area contributed by atoms with Crippen molar-refractivity contribution >= 4 is 0 Å². The highest BCUT2D eigenvalue weighted by Crippen LogP contribution is 2.15. The van der Waals surface area contributed by atoms with Crippen molar-refractivity contribution in [1.29, 1.82) is 0 Å². The number of methoxy groups -OCH3 is 1. The van der Waals surface area contributed by atoms with Crippen LogP contribution in [0.15, 0.2) is 24.3 Å². The van der Waals surface area contributed by atoms with Crippen LogP contribution in [0.25, 0.3) is 0 Å². The van der Waals surface area contributed by atoms with E-state index in [1.54, 1.807) is 7.11 Å². The molecular weight excluding hydrogens is 226 g/mol. The zero-order valence-corrected chi connectivity index (χ0v) is 11.7. The van der Waals surface area contributed by atoms with Crippen LogP contribution >= 0.6 is 0 Å². The van der Waals surface area contributed by atoms with Crippen LogP contribution in [0.1, 0.15) is 31.0 Å². The Balaban J connectivity index is 2.48. The van der Waals surface area contributed by atoms with Crippen LogP contribution < -0.4 is 5.73 Å². The topological polar surface area (TPSA) is 44.5 Å². The fourth-order valence-corrected chi connectivity index (χ4v) is 1.87. The monoisotopic (exact) mass is 251 g/mol. The van der Waals surface area contributed by atoms with Gasteiger partial charge in [-0.1, -0.05) is 38.1 Å². The molecule has 1 aromatic rings. The second kappa shape index (κ2) is 8.25. The molecule has 0 fully saturated rings. The van der Waals surface area contributed by atoms with Crippen molar-refractivity contribution in [3.63, 3.8) is 0 Å². The lowest BCUT2D eigenvalue weighted by molar-refractivity contribution is 0.0636. The van der Waals surface area contributed by atoms with Gasteiger partial charge in [-0.3, -0.25) is 0 Å². The molecule has 0 radical (unpaired) electrons. The Morgan fingerprint density at radius 2 is 2.00 bits per heavy atom. The molecule has 0 aliphatic heterocycles. The Morgan fingerprint density at radius 3 is 2.67 bits per heavy atom. The van der Waals surface area contributed by atoms with E-state index in [4.69, 9.17) is 15.2 Å². The molecule has 0 saturated carbocycles. The second-order valence-electron chi connectivity index (χ2n) is 5.02. The number of benzene rings is 1. The van der Waals surface area contributed by atoms with Crippen molar-refractivity contribution < 1.29 is 9.47 Å². The molecule has 1 unspecified atom stereocenters. The largest absolute Gasteiger partial charge is 0.382 e. The van der Waals surface area contributed by atoms with Gasteiger partial charge in [0.1, 0.15) is 0 Å². The summed E-state index contributed by atoms with van der Waals surface area (Å²) in [6.07, 6.45) is 1.09. The minimum Gasteiger partial charge on any atom is -0.382 e. The fraction of sp³-hybridized carbons (Fsp3) is 0.600. The van der Waals surface area contributed by atoms with Crippen molar-refractivity contribution in [2.24, 2.45) is 11.7 Å². The molecule has 0 bridgehead atoms. The molecule has 0 aliphatic carbocycles. The van der Waals surface area contributed by atoms with Gasteiger partial charge in [0, 0.05) is 7.11 Å². The van der Waals surface area contributed by atoms with E-state index in [2.05, 4.69) is 38.1 Å². The molecular formula is C15H25NO2. The van der Waals surface area contributed by atoms with Crippen LogP contribution in [0, 0.1) is 5.92 Å². The van der Waals surface area contributed by atoms with Crippen molar-refractivity contribution in [2.75, 3.05) is 26.9 Å². The predicted molar refractivity (Wildman–Crippen MR) is 74.6 cm³/mol. The van der Waals surface area contributed by atoms with Gasteiger partial charge >= 0.3 is 0 Å². The first-order chi connectivity index (χ1) is 8.63. The molecule has 3 nitrogen and oxygen atoms in total. The number of hydrogen-bond acceptors (Lipinski definition) is 3. The molecule has 0 heterocycles. The maximum Gasteiger partial charge on any atom is 0.0701 e. The van der Waals surface area contributed by atoms with Gasteiger partial charge in [-0.2, -0.15) is 0 Å². The average Bonchev–Trinajstić information content (AvgIpc) is 2.34. The normalized spacial score (nSPS) is 12.9. The van der Waals surface area contributed by atoms with Gasteiger partial charge in [-0.25, -0.2) is 0 Å². The minimum absolute atomic E-state index is 0.0611.